The first kappa shape index (κ1) is 13.2. The van der Waals surface area contributed by atoms with Gasteiger partial charge in [0.15, 0.2) is 5.76 Å². The molecule has 0 bridgehead atoms. The van der Waals surface area contributed by atoms with Crippen molar-refractivity contribution >= 4 is 5.69 Å². The molecule has 0 saturated carbocycles. The molecule has 3 rings (SSSR count). The molecule has 0 fully saturated rings. The van der Waals surface area contributed by atoms with E-state index in [4.69, 9.17) is 4.42 Å². The van der Waals surface area contributed by atoms with E-state index < -0.39 is 0 Å². The third-order valence-electron chi connectivity index (χ3n) is 3.27. The van der Waals surface area contributed by atoms with E-state index in [1.807, 2.05) is 19.1 Å². The van der Waals surface area contributed by atoms with Crippen molar-refractivity contribution in [2.24, 2.45) is 7.05 Å². The first-order valence-electron chi connectivity index (χ1n) is 6.63. The van der Waals surface area contributed by atoms with E-state index in [1.165, 1.54) is 10.6 Å². The number of rotatable bonds is 4. The van der Waals surface area contributed by atoms with Crippen LogP contribution in [0.15, 0.2) is 45.9 Å². The highest BCUT2D eigenvalue weighted by atomic mass is 16.3. The predicted octanol–water partition coefficient (Wildman–Crippen LogP) is 2.29. The molecule has 3 aromatic rings. The fourth-order valence-electron chi connectivity index (χ4n) is 2.12. The number of aryl methyl sites for hydroxylation is 2. The third-order valence-corrected chi connectivity index (χ3v) is 3.27. The summed E-state index contributed by atoms with van der Waals surface area (Å²) in [6.45, 7) is 2.49. The summed E-state index contributed by atoms with van der Waals surface area (Å²) in [5, 5.41) is 10.3. The number of nitrogens with zero attached hydrogens (tertiary/aromatic N) is 2. The van der Waals surface area contributed by atoms with Gasteiger partial charge in [0.25, 0.3) is 0 Å². The molecule has 0 aliphatic carbocycles. The van der Waals surface area contributed by atoms with Crippen LogP contribution < -0.4 is 10.9 Å². The van der Waals surface area contributed by atoms with Crippen LogP contribution in [0.3, 0.4) is 0 Å². The number of aromatic nitrogens is 3. The largest absolute Gasteiger partial charge is 0.460 e. The summed E-state index contributed by atoms with van der Waals surface area (Å²) >= 11 is 0. The number of anilines is 1. The van der Waals surface area contributed by atoms with Crippen molar-refractivity contribution in [2.75, 3.05) is 5.32 Å². The van der Waals surface area contributed by atoms with Crippen molar-refractivity contribution in [3.05, 3.63) is 58.3 Å². The van der Waals surface area contributed by atoms with Crippen molar-refractivity contribution < 1.29 is 4.42 Å². The van der Waals surface area contributed by atoms with Gasteiger partial charge in [-0.25, -0.2) is 0 Å². The van der Waals surface area contributed by atoms with Crippen LogP contribution in [0.25, 0.3) is 11.5 Å². The molecule has 0 saturated heterocycles. The molecule has 0 spiro atoms. The van der Waals surface area contributed by atoms with Gasteiger partial charge in [-0.15, -0.1) is 0 Å². The molecule has 6 nitrogen and oxygen atoms in total. The quantitative estimate of drug-likeness (QED) is 0.770. The fourth-order valence-corrected chi connectivity index (χ4v) is 2.12. The molecule has 0 unspecified atom stereocenters. The zero-order valence-electron chi connectivity index (χ0n) is 11.9. The molecular formula is C15H16N4O2. The maximum atomic E-state index is 11.4. The molecule has 0 aliphatic heterocycles. The maximum Gasteiger partial charge on any atom is 0.250 e. The number of furan rings is 1. The number of pyridine rings is 1. The summed E-state index contributed by atoms with van der Waals surface area (Å²) in [5.74, 6) is 1.62. The Kier molecular flexibility index (Phi) is 3.35. The van der Waals surface area contributed by atoms with Crippen LogP contribution in [-0.4, -0.2) is 14.8 Å². The van der Waals surface area contributed by atoms with Crippen molar-refractivity contribution in [1.29, 1.82) is 0 Å². The fraction of sp³-hybridized carbons (Fsp3) is 0.200. The van der Waals surface area contributed by atoms with Gasteiger partial charge in [-0.2, -0.15) is 5.10 Å². The Labute approximate surface area is 121 Å². The smallest absolute Gasteiger partial charge is 0.250 e. The maximum absolute atomic E-state index is 11.4. The van der Waals surface area contributed by atoms with E-state index >= 15 is 0 Å². The zero-order valence-corrected chi connectivity index (χ0v) is 11.9. The minimum atomic E-state index is -0.0318. The van der Waals surface area contributed by atoms with Gasteiger partial charge in [-0.1, -0.05) is 0 Å². The number of nitrogens with one attached hydrogen (secondary N) is 2. The number of H-pyrrole nitrogens is 1. The summed E-state index contributed by atoms with van der Waals surface area (Å²) in [5.41, 5.74) is 2.70. The number of hydrogen-bond donors (Lipinski definition) is 2. The monoisotopic (exact) mass is 284 g/mol. The highest BCUT2D eigenvalue weighted by Gasteiger charge is 2.11. The summed E-state index contributed by atoms with van der Waals surface area (Å²) in [4.78, 5) is 11.4. The first-order chi connectivity index (χ1) is 10.1. The van der Waals surface area contributed by atoms with Gasteiger partial charge in [0.05, 0.1) is 11.9 Å². The Hall–Kier alpha value is -2.76. The van der Waals surface area contributed by atoms with Crippen molar-refractivity contribution in [3.8, 4) is 11.5 Å². The van der Waals surface area contributed by atoms with Crippen LogP contribution in [-0.2, 0) is 13.6 Å². The van der Waals surface area contributed by atoms with Crippen molar-refractivity contribution in [3.63, 3.8) is 0 Å². The van der Waals surface area contributed by atoms with E-state index in [9.17, 15) is 4.79 Å². The molecule has 0 aromatic carbocycles. The Morgan fingerprint density at radius 3 is 2.90 bits per heavy atom. The molecule has 0 amide bonds. The molecule has 0 aliphatic rings. The molecule has 0 atom stereocenters. The van der Waals surface area contributed by atoms with Crippen molar-refractivity contribution in [2.45, 2.75) is 13.5 Å². The Bertz CT molecular complexity index is 813. The Balaban J connectivity index is 1.78. The van der Waals surface area contributed by atoms with Gasteiger partial charge in [-0.3, -0.25) is 9.89 Å². The minimum Gasteiger partial charge on any atom is -0.460 e. The van der Waals surface area contributed by atoms with E-state index in [2.05, 4.69) is 15.5 Å². The summed E-state index contributed by atoms with van der Waals surface area (Å²) in [6, 6.07) is 7.13. The third kappa shape index (κ3) is 2.74. The highest BCUT2D eigenvalue weighted by molar-refractivity contribution is 5.57. The van der Waals surface area contributed by atoms with E-state index in [1.54, 1.807) is 25.5 Å². The SMILES string of the molecule is Cc1ccc(-c2[nH]ncc2CNc2ccc(=O)n(C)c2)o1. The molecule has 0 radical (unpaired) electrons. The standard InChI is InChI=1S/C15H16N4O2/c1-10-3-5-13(21-10)15-11(8-17-18-15)7-16-12-4-6-14(20)19(2)9-12/h3-6,8-9,16H,7H2,1-2H3,(H,17,18). The molecule has 3 heterocycles. The lowest BCUT2D eigenvalue weighted by Crippen LogP contribution is -2.15. The molecular weight excluding hydrogens is 268 g/mol. The van der Waals surface area contributed by atoms with E-state index in [0.717, 1.165) is 28.5 Å². The number of hydrogen-bond acceptors (Lipinski definition) is 4. The topological polar surface area (TPSA) is 75.8 Å². The minimum absolute atomic E-state index is 0.0318. The van der Waals surface area contributed by atoms with E-state index in [-0.39, 0.29) is 5.56 Å². The normalized spacial score (nSPS) is 10.8. The average molecular weight is 284 g/mol. The Morgan fingerprint density at radius 1 is 1.33 bits per heavy atom. The first-order valence-corrected chi connectivity index (χ1v) is 6.63. The van der Waals surface area contributed by atoms with E-state index in [0.29, 0.717) is 6.54 Å². The second-order valence-electron chi connectivity index (χ2n) is 4.90. The lowest BCUT2D eigenvalue weighted by atomic mass is 10.2. The van der Waals surface area contributed by atoms with Gasteiger partial charge in [0.2, 0.25) is 5.56 Å². The second kappa shape index (κ2) is 5.32. The summed E-state index contributed by atoms with van der Waals surface area (Å²) < 4.78 is 7.15. The molecule has 108 valence electrons. The lowest BCUT2D eigenvalue weighted by Gasteiger charge is -2.07. The van der Waals surface area contributed by atoms with Crippen LogP contribution >= 0.6 is 0 Å². The van der Waals surface area contributed by atoms with Crippen LogP contribution in [0.2, 0.25) is 0 Å². The zero-order chi connectivity index (χ0) is 14.8. The summed E-state index contributed by atoms with van der Waals surface area (Å²) in [6.07, 6.45) is 3.53. The lowest BCUT2D eigenvalue weighted by molar-refractivity contribution is 0.545. The number of aromatic amines is 1. The predicted molar refractivity (Wildman–Crippen MR) is 80.0 cm³/mol. The van der Waals surface area contributed by atoms with Gasteiger partial charge < -0.3 is 14.3 Å². The van der Waals surface area contributed by atoms with Crippen LogP contribution in [0, 0.1) is 6.92 Å². The average Bonchev–Trinajstić information content (AvgIpc) is 3.08. The van der Waals surface area contributed by atoms with Crippen LogP contribution in [0.5, 0.6) is 0 Å². The molecule has 6 heteroatoms. The van der Waals surface area contributed by atoms with Gasteiger partial charge in [0.1, 0.15) is 11.5 Å². The second-order valence-corrected chi connectivity index (χ2v) is 4.90. The van der Waals surface area contributed by atoms with Gasteiger partial charge >= 0.3 is 0 Å². The Morgan fingerprint density at radius 2 is 2.19 bits per heavy atom. The van der Waals surface area contributed by atoms with Crippen molar-refractivity contribution in [1.82, 2.24) is 14.8 Å². The summed E-state index contributed by atoms with van der Waals surface area (Å²) in [7, 11) is 1.72. The van der Waals surface area contributed by atoms with Gasteiger partial charge in [-0.05, 0) is 25.1 Å². The highest BCUT2D eigenvalue weighted by Crippen LogP contribution is 2.23. The van der Waals surface area contributed by atoms with Crippen LogP contribution in [0.1, 0.15) is 11.3 Å². The van der Waals surface area contributed by atoms with Crippen LogP contribution in [0.4, 0.5) is 5.69 Å². The van der Waals surface area contributed by atoms with Gasteiger partial charge in [0, 0.05) is 31.4 Å². The molecule has 3 aromatic heterocycles. The molecule has 21 heavy (non-hydrogen) atoms. The molecule has 2 N–H and O–H groups in total.